The summed E-state index contributed by atoms with van der Waals surface area (Å²) in [7, 11) is -0.586. The zero-order chi connectivity index (χ0) is 15.2. The van der Waals surface area contributed by atoms with Crippen molar-refractivity contribution in [1.82, 2.24) is 4.31 Å². The third-order valence-corrected chi connectivity index (χ3v) is 4.85. The van der Waals surface area contributed by atoms with Crippen LogP contribution in [0.15, 0.2) is 23.1 Å². The number of hydrogen-bond acceptors (Lipinski definition) is 5. The molecule has 0 aliphatic rings. The highest BCUT2D eigenvalue weighted by Crippen LogP contribution is 2.23. The van der Waals surface area contributed by atoms with Crippen molar-refractivity contribution in [2.45, 2.75) is 11.8 Å². The fraction of sp³-hybridized carbons (Fsp3) is 0.538. The number of nitrogen functional groups attached to an aromatic ring is 1. The first-order chi connectivity index (χ1) is 9.43. The van der Waals surface area contributed by atoms with Gasteiger partial charge in [-0.2, -0.15) is 4.31 Å². The molecule has 1 aromatic carbocycles. The van der Waals surface area contributed by atoms with E-state index >= 15 is 0 Å². The zero-order valence-electron chi connectivity index (χ0n) is 12.1. The number of nitrogens with zero attached hydrogens (tertiary/aromatic N) is 1. The minimum absolute atomic E-state index is 0.121. The van der Waals surface area contributed by atoms with Crippen LogP contribution in [0.2, 0.25) is 0 Å². The summed E-state index contributed by atoms with van der Waals surface area (Å²) in [6.07, 6.45) is 0. The van der Waals surface area contributed by atoms with Crippen LogP contribution in [0, 0.1) is 6.92 Å². The second-order valence-corrected chi connectivity index (χ2v) is 6.34. The number of benzene rings is 1. The minimum atomic E-state index is -3.64. The largest absolute Gasteiger partial charge is 0.398 e. The Morgan fingerprint density at radius 2 is 1.70 bits per heavy atom. The highest BCUT2D eigenvalue weighted by molar-refractivity contribution is 7.89. The molecule has 0 unspecified atom stereocenters. The molecule has 0 saturated carbocycles. The van der Waals surface area contributed by atoms with E-state index in [-0.39, 0.29) is 23.7 Å². The van der Waals surface area contributed by atoms with E-state index in [1.165, 1.54) is 24.6 Å². The van der Waals surface area contributed by atoms with E-state index < -0.39 is 10.0 Å². The molecule has 1 rings (SSSR count). The molecule has 0 spiro atoms. The van der Waals surface area contributed by atoms with Crippen molar-refractivity contribution in [2.24, 2.45) is 0 Å². The third-order valence-electron chi connectivity index (χ3n) is 2.87. The Labute approximate surface area is 120 Å². The van der Waals surface area contributed by atoms with Gasteiger partial charge in [-0.1, -0.05) is 6.07 Å². The van der Waals surface area contributed by atoms with Gasteiger partial charge in [0.1, 0.15) is 4.90 Å². The van der Waals surface area contributed by atoms with Crippen molar-refractivity contribution in [3.63, 3.8) is 0 Å². The summed E-state index contributed by atoms with van der Waals surface area (Å²) >= 11 is 0. The SMILES string of the molecule is COCCN(CCOC)S(=O)(=O)c1ccc(C)cc1N. The van der Waals surface area contributed by atoms with Crippen molar-refractivity contribution >= 4 is 15.7 Å². The van der Waals surface area contributed by atoms with Crippen LogP contribution in [-0.4, -0.2) is 53.2 Å². The molecule has 0 heterocycles. The predicted octanol–water partition coefficient (Wildman–Crippen LogP) is 0.861. The van der Waals surface area contributed by atoms with Gasteiger partial charge in [-0.15, -0.1) is 0 Å². The molecule has 0 aromatic heterocycles. The summed E-state index contributed by atoms with van der Waals surface area (Å²) in [5, 5.41) is 0. The molecule has 0 bridgehead atoms. The monoisotopic (exact) mass is 302 g/mol. The van der Waals surface area contributed by atoms with Gasteiger partial charge in [-0.3, -0.25) is 0 Å². The van der Waals surface area contributed by atoms with Crippen LogP contribution in [0.25, 0.3) is 0 Å². The fourth-order valence-corrected chi connectivity index (χ4v) is 3.29. The number of ether oxygens (including phenoxy) is 2. The van der Waals surface area contributed by atoms with Crippen LogP contribution < -0.4 is 5.73 Å². The topological polar surface area (TPSA) is 81.9 Å². The number of hydrogen-bond donors (Lipinski definition) is 1. The predicted molar refractivity (Wildman–Crippen MR) is 78.1 cm³/mol. The summed E-state index contributed by atoms with van der Waals surface area (Å²) in [5.41, 5.74) is 7.01. The van der Waals surface area contributed by atoms with Crippen LogP contribution in [0.3, 0.4) is 0 Å². The average Bonchev–Trinajstić information content (AvgIpc) is 2.38. The molecular weight excluding hydrogens is 280 g/mol. The molecule has 0 fully saturated rings. The molecule has 2 N–H and O–H groups in total. The fourth-order valence-electron chi connectivity index (χ4n) is 1.78. The summed E-state index contributed by atoms with van der Waals surface area (Å²) in [5.74, 6) is 0. The summed E-state index contributed by atoms with van der Waals surface area (Å²) in [4.78, 5) is 0.121. The Morgan fingerprint density at radius 3 is 2.15 bits per heavy atom. The molecule has 0 aliphatic carbocycles. The number of rotatable bonds is 8. The quantitative estimate of drug-likeness (QED) is 0.720. The first-order valence-electron chi connectivity index (χ1n) is 6.27. The van der Waals surface area contributed by atoms with Gasteiger partial charge < -0.3 is 15.2 Å². The third kappa shape index (κ3) is 4.17. The van der Waals surface area contributed by atoms with Gasteiger partial charge in [0.15, 0.2) is 0 Å². The second kappa shape index (κ2) is 7.58. The Balaban J connectivity index is 3.07. The number of aryl methyl sites for hydroxylation is 1. The highest BCUT2D eigenvalue weighted by Gasteiger charge is 2.25. The standard InChI is InChI=1S/C13H22N2O4S/c1-11-4-5-13(12(14)10-11)20(16,17)15(6-8-18-2)7-9-19-3/h4-5,10H,6-9,14H2,1-3H3. The smallest absolute Gasteiger partial charge is 0.245 e. The molecule has 0 atom stereocenters. The first kappa shape index (κ1) is 16.9. The molecule has 114 valence electrons. The molecule has 20 heavy (non-hydrogen) atoms. The number of nitrogens with two attached hydrogens (primary N) is 1. The maximum atomic E-state index is 12.6. The first-order valence-corrected chi connectivity index (χ1v) is 7.71. The van der Waals surface area contributed by atoms with Crippen LogP contribution in [0.5, 0.6) is 0 Å². The molecule has 0 radical (unpaired) electrons. The Bertz CT molecular complexity index is 523. The molecule has 0 aliphatic heterocycles. The van der Waals surface area contributed by atoms with Crippen molar-refractivity contribution < 1.29 is 17.9 Å². The Morgan fingerprint density at radius 1 is 1.15 bits per heavy atom. The average molecular weight is 302 g/mol. The van der Waals surface area contributed by atoms with Crippen LogP contribution in [-0.2, 0) is 19.5 Å². The maximum Gasteiger partial charge on any atom is 0.245 e. The maximum absolute atomic E-state index is 12.6. The van der Waals surface area contributed by atoms with Gasteiger partial charge in [0.25, 0.3) is 0 Å². The zero-order valence-corrected chi connectivity index (χ0v) is 12.9. The Kier molecular flexibility index (Phi) is 6.41. The second-order valence-electron chi connectivity index (χ2n) is 4.43. The van der Waals surface area contributed by atoms with Crippen molar-refractivity contribution in [3.8, 4) is 0 Å². The van der Waals surface area contributed by atoms with Gasteiger partial charge >= 0.3 is 0 Å². The lowest BCUT2D eigenvalue weighted by Crippen LogP contribution is -2.36. The molecular formula is C13H22N2O4S. The lowest BCUT2D eigenvalue weighted by atomic mass is 10.2. The van der Waals surface area contributed by atoms with Gasteiger partial charge in [-0.05, 0) is 24.6 Å². The van der Waals surface area contributed by atoms with Gasteiger partial charge in [-0.25, -0.2) is 8.42 Å². The molecule has 6 nitrogen and oxygen atoms in total. The van der Waals surface area contributed by atoms with Gasteiger partial charge in [0.05, 0.1) is 18.9 Å². The number of anilines is 1. The summed E-state index contributed by atoms with van der Waals surface area (Å²) < 4.78 is 36.5. The lowest BCUT2D eigenvalue weighted by Gasteiger charge is -2.22. The van der Waals surface area contributed by atoms with E-state index in [2.05, 4.69) is 0 Å². The van der Waals surface area contributed by atoms with Crippen LogP contribution in [0.4, 0.5) is 5.69 Å². The minimum Gasteiger partial charge on any atom is -0.398 e. The molecule has 1 aromatic rings. The van der Waals surface area contributed by atoms with Gasteiger partial charge in [0, 0.05) is 27.3 Å². The van der Waals surface area contributed by atoms with Gasteiger partial charge in [0.2, 0.25) is 10.0 Å². The van der Waals surface area contributed by atoms with Crippen molar-refractivity contribution in [1.29, 1.82) is 0 Å². The van der Waals surface area contributed by atoms with E-state index in [4.69, 9.17) is 15.2 Å². The van der Waals surface area contributed by atoms with Crippen molar-refractivity contribution in [3.05, 3.63) is 23.8 Å². The van der Waals surface area contributed by atoms with Crippen LogP contribution >= 0.6 is 0 Å². The lowest BCUT2D eigenvalue weighted by molar-refractivity contribution is 0.150. The van der Waals surface area contributed by atoms with E-state index in [1.807, 2.05) is 6.92 Å². The molecule has 0 amide bonds. The van der Waals surface area contributed by atoms with E-state index in [1.54, 1.807) is 12.1 Å². The summed E-state index contributed by atoms with van der Waals surface area (Å²) in [6, 6.07) is 4.92. The van der Waals surface area contributed by atoms with E-state index in [0.717, 1.165) is 5.56 Å². The molecule has 0 saturated heterocycles. The number of methoxy groups -OCH3 is 2. The Hall–Kier alpha value is -1.15. The van der Waals surface area contributed by atoms with Crippen LogP contribution in [0.1, 0.15) is 5.56 Å². The normalized spacial score (nSPS) is 12.0. The highest BCUT2D eigenvalue weighted by atomic mass is 32.2. The van der Waals surface area contributed by atoms with Crippen molar-refractivity contribution in [2.75, 3.05) is 46.3 Å². The van der Waals surface area contributed by atoms with E-state index in [9.17, 15) is 8.42 Å². The molecule has 7 heteroatoms. The summed E-state index contributed by atoms with van der Waals surface area (Å²) in [6.45, 7) is 3.01. The number of sulfonamides is 1. The van der Waals surface area contributed by atoms with E-state index in [0.29, 0.717) is 13.2 Å².